The first-order chi connectivity index (χ1) is 14.7. The van der Waals surface area contributed by atoms with Gasteiger partial charge in [0.1, 0.15) is 17.2 Å². The number of ether oxygens (including phenoxy) is 2. The number of hydrogen-bond donors (Lipinski definition) is 1. The Bertz CT molecular complexity index is 1110. The van der Waals surface area contributed by atoms with Gasteiger partial charge in [0.2, 0.25) is 0 Å². The van der Waals surface area contributed by atoms with E-state index in [-0.39, 0.29) is 5.91 Å². The molecule has 3 aromatic carbocycles. The van der Waals surface area contributed by atoms with Crippen LogP contribution in [-0.4, -0.2) is 31.0 Å². The van der Waals surface area contributed by atoms with Gasteiger partial charge in [0.05, 0.1) is 19.9 Å². The first-order valence-electron chi connectivity index (χ1n) is 9.43. The highest BCUT2D eigenvalue weighted by Gasteiger charge is 2.31. The Morgan fingerprint density at radius 2 is 1.57 bits per heavy atom. The van der Waals surface area contributed by atoms with E-state index in [0.29, 0.717) is 17.3 Å². The van der Waals surface area contributed by atoms with Gasteiger partial charge in [-0.2, -0.15) is 5.01 Å². The summed E-state index contributed by atoms with van der Waals surface area (Å²) in [4.78, 5) is 17.9. The first-order valence-corrected chi connectivity index (χ1v) is 9.43. The molecule has 30 heavy (non-hydrogen) atoms. The number of hydrazine groups is 1. The number of para-hydroxylation sites is 1. The molecule has 1 aliphatic rings. The van der Waals surface area contributed by atoms with Crippen LogP contribution < -0.4 is 14.9 Å². The number of rotatable bonds is 6. The molecule has 150 valence electrons. The number of carbonyl (C=O) groups is 1. The van der Waals surface area contributed by atoms with Gasteiger partial charge in [-0.05, 0) is 36.4 Å². The third-order valence-corrected chi connectivity index (χ3v) is 4.65. The number of benzene rings is 3. The minimum absolute atomic E-state index is 0.254. The number of carbonyl (C=O) groups excluding carboxylic acids is 1. The van der Waals surface area contributed by atoms with E-state index < -0.39 is 0 Å². The summed E-state index contributed by atoms with van der Waals surface area (Å²) < 4.78 is 10.6. The molecule has 0 saturated heterocycles. The number of aliphatic imine (C=N–C) groups is 1. The van der Waals surface area contributed by atoms with Crippen LogP contribution in [0.2, 0.25) is 0 Å². The van der Waals surface area contributed by atoms with E-state index in [4.69, 9.17) is 9.47 Å². The smallest absolute Gasteiger partial charge is 0.297 e. The number of anilines is 1. The van der Waals surface area contributed by atoms with Crippen molar-refractivity contribution in [3.63, 3.8) is 0 Å². The SMILES string of the molecule is COc1ccc(NN2C(=O)/C(=C/c3ccccc3OC)N=C2c2ccccc2)cc1. The lowest BCUT2D eigenvalue weighted by molar-refractivity contribution is -0.121. The lowest BCUT2D eigenvalue weighted by Gasteiger charge is -2.20. The molecule has 0 fully saturated rings. The summed E-state index contributed by atoms with van der Waals surface area (Å²) in [5.41, 5.74) is 5.83. The zero-order chi connectivity index (χ0) is 20.9. The Morgan fingerprint density at radius 1 is 0.867 bits per heavy atom. The molecule has 0 radical (unpaired) electrons. The maximum Gasteiger partial charge on any atom is 0.297 e. The Morgan fingerprint density at radius 3 is 2.27 bits per heavy atom. The van der Waals surface area contributed by atoms with E-state index in [1.54, 1.807) is 20.3 Å². The predicted octanol–water partition coefficient (Wildman–Crippen LogP) is 4.36. The zero-order valence-corrected chi connectivity index (χ0v) is 16.7. The molecule has 3 aromatic rings. The second kappa shape index (κ2) is 8.53. The number of amides is 1. The second-order valence-corrected chi connectivity index (χ2v) is 6.55. The number of nitrogens with one attached hydrogen (secondary N) is 1. The van der Waals surface area contributed by atoms with Gasteiger partial charge >= 0.3 is 0 Å². The fourth-order valence-electron chi connectivity index (χ4n) is 3.13. The molecule has 6 nitrogen and oxygen atoms in total. The summed E-state index contributed by atoms with van der Waals surface area (Å²) in [7, 11) is 3.21. The summed E-state index contributed by atoms with van der Waals surface area (Å²) in [5, 5.41) is 1.46. The quantitative estimate of drug-likeness (QED) is 0.626. The van der Waals surface area contributed by atoms with E-state index in [1.807, 2.05) is 78.9 Å². The average Bonchev–Trinajstić information content (AvgIpc) is 3.10. The molecule has 0 saturated carbocycles. The van der Waals surface area contributed by atoms with Gasteiger partial charge in [-0.1, -0.05) is 48.5 Å². The minimum Gasteiger partial charge on any atom is -0.497 e. The van der Waals surface area contributed by atoms with Crippen LogP contribution in [0.4, 0.5) is 5.69 Å². The molecule has 0 spiro atoms. The summed E-state index contributed by atoms with van der Waals surface area (Å²) in [6.07, 6.45) is 1.74. The molecule has 0 aromatic heterocycles. The number of methoxy groups -OCH3 is 2. The van der Waals surface area contributed by atoms with Gasteiger partial charge in [0, 0.05) is 11.1 Å². The fourth-order valence-corrected chi connectivity index (χ4v) is 3.13. The van der Waals surface area contributed by atoms with Crippen molar-refractivity contribution >= 4 is 23.5 Å². The third kappa shape index (κ3) is 3.89. The Labute approximate surface area is 175 Å². The highest BCUT2D eigenvalue weighted by Crippen LogP contribution is 2.27. The molecule has 1 N–H and O–H groups in total. The molecule has 1 amide bonds. The van der Waals surface area contributed by atoms with Gasteiger partial charge in [-0.3, -0.25) is 10.2 Å². The van der Waals surface area contributed by atoms with Crippen molar-refractivity contribution in [1.82, 2.24) is 5.01 Å². The summed E-state index contributed by atoms with van der Waals surface area (Å²) >= 11 is 0. The second-order valence-electron chi connectivity index (χ2n) is 6.55. The summed E-state index contributed by atoms with van der Waals surface area (Å²) in [5.74, 6) is 1.69. The van der Waals surface area contributed by atoms with Crippen LogP contribution in [0.3, 0.4) is 0 Å². The highest BCUT2D eigenvalue weighted by atomic mass is 16.5. The Hall–Kier alpha value is -4.06. The van der Waals surface area contributed by atoms with Crippen molar-refractivity contribution < 1.29 is 14.3 Å². The van der Waals surface area contributed by atoms with Crippen LogP contribution in [-0.2, 0) is 4.79 Å². The maximum absolute atomic E-state index is 13.2. The lowest BCUT2D eigenvalue weighted by Crippen LogP contribution is -2.37. The van der Waals surface area contributed by atoms with E-state index in [9.17, 15) is 4.79 Å². The molecule has 0 bridgehead atoms. The van der Waals surface area contributed by atoms with Crippen LogP contribution in [0.25, 0.3) is 6.08 Å². The van der Waals surface area contributed by atoms with Gasteiger partial charge in [0.15, 0.2) is 5.84 Å². The van der Waals surface area contributed by atoms with Crippen molar-refractivity contribution in [3.05, 3.63) is 95.7 Å². The van der Waals surface area contributed by atoms with E-state index >= 15 is 0 Å². The van der Waals surface area contributed by atoms with Gasteiger partial charge < -0.3 is 9.47 Å². The average molecular weight is 399 g/mol. The number of nitrogens with zero attached hydrogens (tertiary/aromatic N) is 2. The molecule has 0 aliphatic carbocycles. The molecule has 6 heteroatoms. The normalized spacial score (nSPS) is 14.6. The van der Waals surface area contributed by atoms with E-state index in [2.05, 4.69) is 10.4 Å². The van der Waals surface area contributed by atoms with Crippen LogP contribution >= 0.6 is 0 Å². The first kappa shape index (κ1) is 19.3. The van der Waals surface area contributed by atoms with Gasteiger partial charge in [-0.15, -0.1) is 0 Å². The van der Waals surface area contributed by atoms with Crippen molar-refractivity contribution in [3.8, 4) is 11.5 Å². The summed E-state index contributed by atoms with van der Waals surface area (Å²) in [6, 6.07) is 24.4. The molecule has 1 heterocycles. The topological polar surface area (TPSA) is 63.2 Å². The van der Waals surface area contributed by atoms with Crippen LogP contribution in [0.5, 0.6) is 11.5 Å². The summed E-state index contributed by atoms with van der Waals surface area (Å²) in [6.45, 7) is 0. The third-order valence-electron chi connectivity index (χ3n) is 4.65. The monoisotopic (exact) mass is 399 g/mol. The van der Waals surface area contributed by atoms with E-state index in [0.717, 1.165) is 22.6 Å². The minimum atomic E-state index is -0.254. The van der Waals surface area contributed by atoms with Crippen LogP contribution in [0, 0.1) is 0 Å². The van der Waals surface area contributed by atoms with Crippen molar-refractivity contribution in [1.29, 1.82) is 0 Å². The van der Waals surface area contributed by atoms with Crippen molar-refractivity contribution in [2.75, 3.05) is 19.6 Å². The van der Waals surface area contributed by atoms with E-state index in [1.165, 1.54) is 5.01 Å². The highest BCUT2D eigenvalue weighted by molar-refractivity contribution is 6.20. The zero-order valence-electron chi connectivity index (χ0n) is 16.7. The fraction of sp³-hybridized carbons (Fsp3) is 0.0833. The standard InChI is InChI=1S/C24H21N3O3/c1-29-20-14-12-19(13-15-20)26-27-23(17-8-4-3-5-9-17)25-21(24(27)28)16-18-10-6-7-11-22(18)30-2/h3-16,26H,1-2H3/b21-16-. The van der Waals surface area contributed by atoms with Crippen LogP contribution in [0.1, 0.15) is 11.1 Å². The van der Waals surface area contributed by atoms with Gasteiger partial charge in [-0.25, -0.2) is 4.99 Å². The molecular weight excluding hydrogens is 378 g/mol. The Balaban J connectivity index is 1.72. The number of hydrogen-bond acceptors (Lipinski definition) is 5. The molecular formula is C24H21N3O3. The molecule has 4 rings (SSSR count). The number of amidine groups is 1. The van der Waals surface area contributed by atoms with Crippen molar-refractivity contribution in [2.24, 2.45) is 4.99 Å². The predicted molar refractivity (Wildman–Crippen MR) is 117 cm³/mol. The molecule has 0 unspecified atom stereocenters. The van der Waals surface area contributed by atoms with Crippen molar-refractivity contribution in [2.45, 2.75) is 0 Å². The molecule has 0 atom stereocenters. The largest absolute Gasteiger partial charge is 0.497 e. The Kier molecular flexibility index (Phi) is 5.48. The van der Waals surface area contributed by atoms with Crippen LogP contribution in [0.15, 0.2) is 89.6 Å². The molecule has 1 aliphatic heterocycles. The van der Waals surface area contributed by atoms with Gasteiger partial charge in [0.25, 0.3) is 5.91 Å². The maximum atomic E-state index is 13.2. The lowest BCUT2D eigenvalue weighted by atomic mass is 10.1.